The van der Waals surface area contributed by atoms with Crippen molar-refractivity contribution in [3.8, 4) is 11.5 Å². The third-order valence-electron chi connectivity index (χ3n) is 8.37. The Bertz CT molecular complexity index is 1140. The van der Waals surface area contributed by atoms with Crippen molar-refractivity contribution in [2.75, 3.05) is 32.8 Å². The number of aryl methyl sites for hydroxylation is 1. The van der Waals surface area contributed by atoms with E-state index >= 15 is 0 Å². The molecule has 6 nitrogen and oxygen atoms in total. The van der Waals surface area contributed by atoms with Gasteiger partial charge in [-0.25, -0.2) is 4.98 Å². The number of nitrogens with zero attached hydrogens (tertiary/aromatic N) is 2. The molecule has 0 bridgehead atoms. The zero-order valence-electron chi connectivity index (χ0n) is 23.3. The SMILES string of the molecule is Clc1ccc(OCc2nc3c(OCCCCCC4CCNCC4)cccc3n2CCCC2CCCNC2)cc1. The highest BCUT2D eigenvalue weighted by molar-refractivity contribution is 6.30. The molecule has 1 unspecified atom stereocenters. The number of rotatable bonds is 14. The second-order valence-electron chi connectivity index (χ2n) is 11.3. The summed E-state index contributed by atoms with van der Waals surface area (Å²) in [5, 5.41) is 7.72. The minimum atomic E-state index is 0.414. The summed E-state index contributed by atoms with van der Waals surface area (Å²) in [4.78, 5) is 5.06. The molecular weight excluding hydrogens is 508 g/mol. The Labute approximate surface area is 238 Å². The Kier molecular flexibility index (Phi) is 10.8. The summed E-state index contributed by atoms with van der Waals surface area (Å²) in [5.41, 5.74) is 2.08. The molecule has 0 saturated carbocycles. The van der Waals surface area contributed by atoms with E-state index < -0.39 is 0 Å². The van der Waals surface area contributed by atoms with Crippen LogP contribution in [-0.4, -0.2) is 42.3 Å². The van der Waals surface area contributed by atoms with Crippen LogP contribution < -0.4 is 20.1 Å². The molecule has 3 aromatic rings. The topological polar surface area (TPSA) is 60.3 Å². The number of aromatic nitrogens is 2. The number of ether oxygens (including phenoxy) is 2. The number of fused-ring (bicyclic) bond motifs is 1. The number of hydrogen-bond acceptors (Lipinski definition) is 5. The fourth-order valence-corrected chi connectivity index (χ4v) is 6.22. The molecular formula is C32H45ClN4O2. The van der Waals surface area contributed by atoms with Crippen LogP contribution in [-0.2, 0) is 13.2 Å². The molecule has 2 saturated heterocycles. The largest absolute Gasteiger partial charge is 0.491 e. The summed E-state index contributed by atoms with van der Waals surface area (Å²) in [6, 6.07) is 13.9. The van der Waals surface area contributed by atoms with Crippen molar-refractivity contribution in [2.45, 2.75) is 77.4 Å². The molecule has 7 heteroatoms. The maximum atomic E-state index is 6.31. The molecule has 2 aromatic carbocycles. The highest BCUT2D eigenvalue weighted by Crippen LogP contribution is 2.29. The van der Waals surface area contributed by atoms with E-state index in [4.69, 9.17) is 26.1 Å². The second-order valence-corrected chi connectivity index (χ2v) is 11.7. The third kappa shape index (κ3) is 8.36. The number of piperidine rings is 2. The molecule has 2 aliphatic rings. The molecule has 1 atom stereocenters. The van der Waals surface area contributed by atoms with Gasteiger partial charge in [-0.1, -0.05) is 36.9 Å². The first-order valence-corrected chi connectivity index (χ1v) is 15.5. The highest BCUT2D eigenvalue weighted by Gasteiger charge is 2.17. The molecule has 0 aliphatic carbocycles. The normalized spacial score (nSPS) is 18.4. The van der Waals surface area contributed by atoms with E-state index in [1.165, 1.54) is 64.5 Å². The smallest absolute Gasteiger partial charge is 0.148 e. The van der Waals surface area contributed by atoms with Crippen LogP contribution >= 0.6 is 11.6 Å². The molecule has 212 valence electrons. The van der Waals surface area contributed by atoms with Gasteiger partial charge in [0.2, 0.25) is 0 Å². The van der Waals surface area contributed by atoms with Crippen LogP contribution in [0.5, 0.6) is 11.5 Å². The minimum Gasteiger partial charge on any atom is -0.491 e. The zero-order valence-corrected chi connectivity index (χ0v) is 24.1. The molecule has 0 spiro atoms. The Morgan fingerprint density at radius 3 is 2.51 bits per heavy atom. The van der Waals surface area contributed by atoms with Crippen molar-refractivity contribution in [3.05, 3.63) is 53.3 Å². The van der Waals surface area contributed by atoms with Crippen LogP contribution in [0.3, 0.4) is 0 Å². The maximum absolute atomic E-state index is 6.31. The zero-order chi connectivity index (χ0) is 26.7. The number of imidazole rings is 1. The van der Waals surface area contributed by atoms with Crippen molar-refractivity contribution < 1.29 is 9.47 Å². The molecule has 5 rings (SSSR count). The van der Waals surface area contributed by atoms with Crippen LogP contribution in [0, 0.1) is 11.8 Å². The lowest BCUT2D eigenvalue weighted by atomic mass is 9.92. The van der Waals surface area contributed by atoms with Crippen molar-refractivity contribution in [2.24, 2.45) is 11.8 Å². The first-order valence-electron chi connectivity index (χ1n) is 15.2. The Morgan fingerprint density at radius 2 is 1.69 bits per heavy atom. The quantitative estimate of drug-likeness (QED) is 0.211. The van der Waals surface area contributed by atoms with Gasteiger partial charge in [-0.2, -0.15) is 0 Å². The van der Waals surface area contributed by atoms with Gasteiger partial charge >= 0.3 is 0 Å². The van der Waals surface area contributed by atoms with Gasteiger partial charge in [0.25, 0.3) is 0 Å². The van der Waals surface area contributed by atoms with Crippen molar-refractivity contribution in [3.63, 3.8) is 0 Å². The van der Waals surface area contributed by atoms with Crippen LogP contribution in [0.15, 0.2) is 42.5 Å². The van der Waals surface area contributed by atoms with E-state index in [1.807, 2.05) is 24.3 Å². The Balaban J connectivity index is 1.21. The Hall–Kier alpha value is -2.28. The molecule has 2 aliphatic heterocycles. The average molecular weight is 553 g/mol. The summed E-state index contributed by atoms with van der Waals surface area (Å²) in [6.45, 7) is 6.78. The molecule has 1 aromatic heterocycles. The summed E-state index contributed by atoms with van der Waals surface area (Å²) < 4.78 is 14.8. The van der Waals surface area contributed by atoms with Crippen LogP contribution in [0.4, 0.5) is 0 Å². The van der Waals surface area contributed by atoms with E-state index in [2.05, 4.69) is 33.4 Å². The first-order chi connectivity index (χ1) is 19.3. The molecule has 39 heavy (non-hydrogen) atoms. The minimum absolute atomic E-state index is 0.414. The van der Waals surface area contributed by atoms with Gasteiger partial charge in [0, 0.05) is 11.6 Å². The standard InChI is InChI=1S/C32H45ClN4O2/c33-27-12-14-28(15-13-27)39-24-31-36-32-29(37(31)21-6-9-26-8-5-18-35-23-26)10-4-11-30(32)38-22-3-1-2-7-25-16-19-34-20-17-25/h4,10-15,25-26,34-35H,1-3,5-9,16-24H2. The highest BCUT2D eigenvalue weighted by atomic mass is 35.5. The molecule has 3 heterocycles. The van der Waals surface area contributed by atoms with Crippen molar-refractivity contribution in [1.29, 1.82) is 0 Å². The first kappa shape index (κ1) is 28.3. The van der Waals surface area contributed by atoms with E-state index in [0.29, 0.717) is 11.6 Å². The third-order valence-corrected chi connectivity index (χ3v) is 8.62. The molecule has 2 N–H and O–H groups in total. The van der Waals surface area contributed by atoms with Crippen molar-refractivity contribution >= 4 is 22.6 Å². The summed E-state index contributed by atoms with van der Waals surface area (Å²) >= 11 is 6.06. The Morgan fingerprint density at radius 1 is 0.846 bits per heavy atom. The predicted octanol–water partition coefficient (Wildman–Crippen LogP) is 6.99. The van der Waals surface area contributed by atoms with Gasteiger partial charge in [0.1, 0.15) is 29.4 Å². The number of benzene rings is 2. The lowest BCUT2D eigenvalue weighted by molar-refractivity contribution is 0.287. The van der Waals surface area contributed by atoms with E-state index in [9.17, 15) is 0 Å². The van der Waals surface area contributed by atoms with Gasteiger partial charge in [-0.05, 0) is 119 Å². The lowest BCUT2D eigenvalue weighted by Crippen LogP contribution is -2.29. The van der Waals surface area contributed by atoms with Crippen LogP contribution in [0.1, 0.15) is 70.0 Å². The predicted molar refractivity (Wildman–Crippen MR) is 160 cm³/mol. The number of hydrogen-bond donors (Lipinski definition) is 2. The van der Waals surface area contributed by atoms with Gasteiger partial charge in [-0.3, -0.25) is 0 Å². The summed E-state index contributed by atoms with van der Waals surface area (Å²) in [6.07, 6.45) is 12.6. The fraction of sp³-hybridized carbons (Fsp3) is 0.594. The molecule has 0 amide bonds. The maximum Gasteiger partial charge on any atom is 0.148 e. The number of nitrogens with one attached hydrogen (secondary N) is 2. The molecule has 0 radical (unpaired) electrons. The number of unbranched alkanes of at least 4 members (excludes halogenated alkanes) is 2. The summed E-state index contributed by atoms with van der Waals surface area (Å²) in [5.74, 6) is 4.31. The number of halogens is 1. The van der Waals surface area contributed by atoms with E-state index in [0.717, 1.165) is 79.3 Å². The average Bonchev–Trinajstić information content (AvgIpc) is 3.34. The van der Waals surface area contributed by atoms with Gasteiger partial charge in [0.15, 0.2) is 0 Å². The van der Waals surface area contributed by atoms with Crippen LogP contribution in [0.25, 0.3) is 11.0 Å². The second kappa shape index (κ2) is 14.9. The fourth-order valence-electron chi connectivity index (χ4n) is 6.10. The molecule has 2 fully saturated rings. The van der Waals surface area contributed by atoms with E-state index in [1.54, 1.807) is 0 Å². The van der Waals surface area contributed by atoms with Gasteiger partial charge < -0.3 is 24.7 Å². The summed E-state index contributed by atoms with van der Waals surface area (Å²) in [7, 11) is 0. The monoisotopic (exact) mass is 552 g/mol. The lowest BCUT2D eigenvalue weighted by Gasteiger charge is -2.22. The van der Waals surface area contributed by atoms with Gasteiger partial charge in [0.05, 0.1) is 12.1 Å². The van der Waals surface area contributed by atoms with Crippen molar-refractivity contribution in [1.82, 2.24) is 20.2 Å². The number of para-hydroxylation sites is 1. The van der Waals surface area contributed by atoms with Crippen LogP contribution in [0.2, 0.25) is 5.02 Å². The van der Waals surface area contributed by atoms with Gasteiger partial charge in [-0.15, -0.1) is 0 Å². The van der Waals surface area contributed by atoms with E-state index in [-0.39, 0.29) is 0 Å².